The number of rotatable bonds is 5. The highest BCUT2D eigenvalue weighted by Crippen LogP contribution is 2.28. The van der Waals surface area contributed by atoms with E-state index in [4.69, 9.17) is 11.1 Å². The number of anilines is 2. The van der Waals surface area contributed by atoms with Gasteiger partial charge in [-0.2, -0.15) is 4.98 Å². The largest absolute Gasteiger partial charge is 0.383 e. The topological polar surface area (TPSA) is 134 Å². The van der Waals surface area contributed by atoms with Crippen LogP contribution >= 0.6 is 11.3 Å². The monoisotopic (exact) mass is 370 g/mol. The number of nitrogens with two attached hydrogens (primary N) is 2. The highest BCUT2D eigenvalue weighted by molar-refractivity contribution is 7.22. The van der Waals surface area contributed by atoms with Gasteiger partial charge >= 0.3 is 0 Å². The molecule has 0 bridgehead atoms. The molecule has 0 atom stereocenters. The van der Waals surface area contributed by atoms with E-state index in [0.29, 0.717) is 22.1 Å². The Balaban J connectivity index is 2.01. The minimum absolute atomic E-state index is 0.167. The summed E-state index contributed by atoms with van der Waals surface area (Å²) >= 11 is 1.36. The summed E-state index contributed by atoms with van der Waals surface area (Å²) < 4.78 is 0.876. The van der Waals surface area contributed by atoms with Crippen LogP contribution in [0.25, 0.3) is 10.2 Å². The van der Waals surface area contributed by atoms with Crippen molar-refractivity contribution in [3.8, 4) is 0 Å². The quantitative estimate of drug-likeness (QED) is 0.507. The van der Waals surface area contributed by atoms with Gasteiger partial charge in [0.1, 0.15) is 17.7 Å². The number of aromatic nitrogens is 3. The standard InChI is InChI=1S/C17H19N7OS/c1-8(2)22-16-13(15(19)20-7-21-16)14(18)10-4-5-11-12(6-10)26-17(24-11)23-9(3)25/h4-8,18H,1-3H3,(H,23,24,25)(H3,19,20,21,22)/p+1. The van der Waals surface area contributed by atoms with Gasteiger partial charge in [0.2, 0.25) is 11.7 Å². The van der Waals surface area contributed by atoms with Crippen molar-refractivity contribution in [2.45, 2.75) is 26.8 Å². The molecule has 3 aromatic rings. The lowest BCUT2D eigenvalue weighted by atomic mass is 10.0. The van der Waals surface area contributed by atoms with E-state index >= 15 is 0 Å². The molecule has 26 heavy (non-hydrogen) atoms. The third kappa shape index (κ3) is 3.68. The zero-order valence-corrected chi connectivity index (χ0v) is 15.5. The lowest BCUT2D eigenvalue weighted by Crippen LogP contribution is -2.83. The Bertz CT molecular complexity index is 996. The van der Waals surface area contributed by atoms with Crippen molar-refractivity contribution < 1.29 is 10.1 Å². The van der Waals surface area contributed by atoms with Crippen molar-refractivity contribution in [2.75, 3.05) is 11.1 Å². The van der Waals surface area contributed by atoms with Gasteiger partial charge in [-0.25, -0.2) is 9.97 Å². The molecule has 0 saturated heterocycles. The number of nitrogens with one attached hydrogen (secondary N) is 2. The predicted molar refractivity (Wildman–Crippen MR) is 103 cm³/mol. The molecule has 1 aromatic carbocycles. The smallest absolute Gasteiger partial charge is 0.239 e. The second-order valence-corrected chi connectivity index (χ2v) is 7.22. The van der Waals surface area contributed by atoms with Crippen molar-refractivity contribution in [3.63, 3.8) is 0 Å². The van der Waals surface area contributed by atoms with Gasteiger partial charge in [0.25, 0.3) is 0 Å². The van der Waals surface area contributed by atoms with E-state index < -0.39 is 0 Å². The number of nitrogens with zero attached hydrogens (tertiary/aromatic N) is 3. The number of carbonyl (C=O) groups is 1. The fraction of sp³-hybridized carbons (Fsp3) is 0.235. The van der Waals surface area contributed by atoms with Crippen LogP contribution in [0.4, 0.5) is 16.8 Å². The summed E-state index contributed by atoms with van der Waals surface area (Å²) in [5.74, 6) is 0.765. The minimum atomic E-state index is -0.167. The summed E-state index contributed by atoms with van der Waals surface area (Å²) in [5.41, 5.74) is 8.27. The van der Waals surface area contributed by atoms with Gasteiger partial charge in [-0.3, -0.25) is 15.5 Å². The van der Waals surface area contributed by atoms with E-state index in [0.717, 1.165) is 10.2 Å². The van der Waals surface area contributed by atoms with Gasteiger partial charge in [0.15, 0.2) is 5.13 Å². The van der Waals surface area contributed by atoms with Crippen LogP contribution in [0.2, 0.25) is 0 Å². The van der Waals surface area contributed by atoms with Crippen LogP contribution in [0.15, 0.2) is 24.5 Å². The number of nitrogen functional groups attached to an aromatic ring is 1. The van der Waals surface area contributed by atoms with Gasteiger partial charge in [0.05, 0.1) is 22.0 Å². The molecule has 0 radical (unpaired) electrons. The Morgan fingerprint density at radius 2 is 2.12 bits per heavy atom. The van der Waals surface area contributed by atoms with E-state index in [-0.39, 0.29) is 23.5 Å². The molecule has 134 valence electrons. The molecule has 0 aliphatic heterocycles. The maximum absolute atomic E-state index is 11.2. The number of hydrogen-bond donors (Lipinski definition) is 4. The molecular weight excluding hydrogens is 350 g/mol. The van der Waals surface area contributed by atoms with Crippen molar-refractivity contribution in [1.29, 1.82) is 5.41 Å². The molecule has 2 aromatic heterocycles. The first-order valence-electron chi connectivity index (χ1n) is 8.08. The summed E-state index contributed by atoms with van der Waals surface area (Å²) in [5, 5.41) is 13.8. The predicted octanol–water partition coefficient (Wildman–Crippen LogP) is 1.65. The summed E-state index contributed by atoms with van der Waals surface area (Å²) in [4.78, 5) is 23.9. The second-order valence-electron chi connectivity index (χ2n) is 6.19. The number of amides is 1. The molecule has 6 N–H and O–H groups in total. The third-order valence-electron chi connectivity index (χ3n) is 3.61. The lowest BCUT2D eigenvalue weighted by Gasteiger charge is -2.11. The number of hydrogen-bond acceptors (Lipinski definition) is 7. The van der Waals surface area contributed by atoms with Crippen LogP contribution in [0, 0.1) is 5.41 Å². The maximum atomic E-state index is 11.2. The van der Waals surface area contributed by atoms with Crippen LogP contribution in [-0.4, -0.2) is 32.6 Å². The Morgan fingerprint density at radius 1 is 1.35 bits per heavy atom. The van der Waals surface area contributed by atoms with E-state index in [1.165, 1.54) is 24.6 Å². The molecule has 8 nitrogen and oxygen atoms in total. The molecule has 3 rings (SSSR count). The zero-order chi connectivity index (χ0) is 18.8. The fourth-order valence-corrected chi connectivity index (χ4v) is 3.49. The van der Waals surface area contributed by atoms with Gasteiger partial charge in [0, 0.05) is 12.5 Å². The van der Waals surface area contributed by atoms with Crippen molar-refractivity contribution in [2.24, 2.45) is 0 Å². The molecule has 9 heteroatoms. The van der Waals surface area contributed by atoms with Crippen LogP contribution in [0.5, 0.6) is 0 Å². The summed E-state index contributed by atoms with van der Waals surface area (Å²) in [6.45, 7) is 5.52. The van der Waals surface area contributed by atoms with Crippen LogP contribution in [0.1, 0.15) is 31.9 Å². The Morgan fingerprint density at radius 3 is 2.81 bits per heavy atom. The molecule has 2 heterocycles. The summed E-state index contributed by atoms with van der Waals surface area (Å²) in [7, 11) is 0. The lowest BCUT2D eigenvalue weighted by molar-refractivity contribution is -0.606. The number of quaternary nitrogens is 1. The van der Waals surface area contributed by atoms with Crippen LogP contribution < -0.4 is 16.4 Å². The maximum Gasteiger partial charge on any atom is 0.239 e. The first-order chi connectivity index (χ1) is 12.3. The van der Waals surface area contributed by atoms with Gasteiger partial charge in [-0.1, -0.05) is 17.4 Å². The van der Waals surface area contributed by atoms with Crippen LogP contribution in [0.3, 0.4) is 0 Å². The Hall–Kier alpha value is -2.91. The van der Waals surface area contributed by atoms with Gasteiger partial charge in [-0.05, 0) is 26.0 Å². The van der Waals surface area contributed by atoms with E-state index in [1.54, 1.807) is 0 Å². The molecule has 1 amide bonds. The minimum Gasteiger partial charge on any atom is -0.383 e. The average molecular weight is 370 g/mol. The number of fused-ring (bicyclic) bond motifs is 1. The highest BCUT2D eigenvalue weighted by Gasteiger charge is 2.20. The van der Waals surface area contributed by atoms with Gasteiger partial charge < -0.3 is 11.1 Å². The SMILES string of the molecule is CC(=O)Nc1nc2ccc(C(=N)c3c(N)ncnc3[NH2+]C(C)C)cc2s1. The Labute approximate surface area is 154 Å². The average Bonchev–Trinajstić information content (AvgIpc) is 2.94. The molecule has 0 aliphatic carbocycles. The highest BCUT2D eigenvalue weighted by atomic mass is 32.1. The first-order valence-corrected chi connectivity index (χ1v) is 8.89. The van der Waals surface area contributed by atoms with Crippen molar-refractivity contribution in [3.05, 3.63) is 35.7 Å². The summed E-state index contributed by atoms with van der Waals surface area (Å²) in [6.07, 6.45) is 1.41. The van der Waals surface area contributed by atoms with E-state index in [1.807, 2.05) is 37.4 Å². The zero-order valence-electron chi connectivity index (χ0n) is 14.7. The van der Waals surface area contributed by atoms with Crippen LogP contribution in [-0.2, 0) is 4.79 Å². The molecule has 0 unspecified atom stereocenters. The molecule has 0 saturated carbocycles. The molecule has 0 spiro atoms. The normalized spacial score (nSPS) is 11.1. The third-order valence-corrected chi connectivity index (χ3v) is 4.54. The first kappa shape index (κ1) is 17.9. The summed E-state index contributed by atoms with van der Waals surface area (Å²) in [6, 6.07) is 5.77. The number of carbonyl (C=O) groups excluding carboxylic acids is 1. The molecule has 0 fully saturated rings. The van der Waals surface area contributed by atoms with Crippen molar-refractivity contribution in [1.82, 2.24) is 15.0 Å². The van der Waals surface area contributed by atoms with E-state index in [2.05, 4.69) is 20.3 Å². The van der Waals surface area contributed by atoms with Crippen molar-refractivity contribution >= 4 is 49.9 Å². The Kier molecular flexibility index (Phi) is 4.92. The van der Waals surface area contributed by atoms with E-state index in [9.17, 15) is 4.79 Å². The second kappa shape index (κ2) is 7.14. The number of thiazole rings is 1. The number of benzene rings is 1. The fourth-order valence-electron chi connectivity index (χ4n) is 2.54. The molecule has 0 aliphatic rings. The molecular formula is C17H20N7OS+. The van der Waals surface area contributed by atoms with Gasteiger partial charge in [-0.15, -0.1) is 0 Å².